The van der Waals surface area contributed by atoms with E-state index in [0.29, 0.717) is 19.6 Å². The Morgan fingerprint density at radius 1 is 1.26 bits per heavy atom. The summed E-state index contributed by atoms with van der Waals surface area (Å²) in [6, 6.07) is -0.905. The third kappa shape index (κ3) is 3.49. The molecule has 0 aliphatic carbocycles. The Hall–Kier alpha value is -2.19. The fourth-order valence-electron chi connectivity index (χ4n) is 5.59. The summed E-state index contributed by atoms with van der Waals surface area (Å²) in [6.07, 6.45) is 10.1. The first-order chi connectivity index (χ1) is 15.0. The van der Waals surface area contributed by atoms with Crippen molar-refractivity contribution in [2.24, 2.45) is 11.8 Å². The van der Waals surface area contributed by atoms with Crippen LogP contribution >= 0.6 is 0 Å². The summed E-state index contributed by atoms with van der Waals surface area (Å²) in [6.45, 7) is 4.53. The maximum absolute atomic E-state index is 13.8. The summed E-state index contributed by atoms with van der Waals surface area (Å²) >= 11 is 0. The maximum Gasteiger partial charge on any atom is 0.312 e. The number of rotatable bonds is 5. The van der Waals surface area contributed by atoms with Crippen molar-refractivity contribution in [3.63, 3.8) is 0 Å². The van der Waals surface area contributed by atoms with Gasteiger partial charge >= 0.3 is 5.97 Å². The van der Waals surface area contributed by atoms with Crippen LogP contribution in [0.2, 0.25) is 0 Å². The van der Waals surface area contributed by atoms with Crippen LogP contribution in [0, 0.1) is 11.8 Å². The molecule has 0 aromatic rings. The van der Waals surface area contributed by atoms with Gasteiger partial charge in [0.05, 0.1) is 25.2 Å². The number of aliphatic hydroxyl groups excluding tert-OH is 1. The highest BCUT2D eigenvalue weighted by Crippen LogP contribution is 2.53. The SMILES string of the molecule is CCCC(C)N1CC=C[C@]23O[C@H]4/C=C\CCCOC(=O)[C@H]4[C@H]2C(=O)N(CCO)C3C1=O. The molecule has 0 aromatic heterocycles. The molecule has 4 rings (SSSR count). The summed E-state index contributed by atoms with van der Waals surface area (Å²) in [7, 11) is 0. The summed E-state index contributed by atoms with van der Waals surface area (Å²) in [5.41, 5.74) is -1.25. The molecule has 4 aliphatic heterocycles. The zero-order valence-electron chi connectivity index (χ0n) is 18.2. The molecule has 0 saturated carbocycles. The van der Waals surface area contributed by atoms with E-state index in [4.69, 9.17) is 9.47 Å². The summed E-state index contributed by atoms with van der Waals surface area (Å²) in [4.78, 5) is 43.5. The van der Waals surface area contributed by atoms with Gasteiger partial charge in [-0.15, -0.1) is 0 Å². The van der Waals surface area contributed by atoms with Crippen molar-refractivity contribution in [3.05, 3.63) is 24.3 Å². The number of carbonyl (C=O) groups is 3. The average molecular weight is 433 g/mol. The fraction of sp³-hybridized carbons (Fsp3) is 0.696. The van der Waals surface area contributed by atoms with Gasteiger partial charge in [0.2, 0.25) is 11.8 Å². The topological polar surface area (TPSA) is 96.4 Å². The molecule has 0 aromatic carbocycles. The van der Waals surface area contributed by atoms with Gasteiger partial charge in [0.25, 0.3) is 0 Å². The number of amides is 2. The standard InChI is InChI=1S/C23H32N2O6/c1-3-8-15(2)24-11-7-10-23-18(20(27)25(12-13-26)19(23)21(24)28)17-16(31-23)9-5-4-6-14-30-22(17)29/h5,7,9-10,15-19,26H,3-4,6,8,11-14H2,1-2H3/b9-5-/t15?,16-,17+,18-,19?,23-/m0/s1. The maximum atomic E-state index is 13.8. The molecule has 1 spiro atoms. The van der Waals surface area contributed by atoms with E-state index in [1.807, 2.05) is 31.2 Å². The van der Waals surface area contributed by atoms with Crippen LogP contribution in [0.3, 0.4) is 0 Å². The minimum Gasteiger partial charge on any atom is -0.465 e. The quantitative estimate of drug-likeness (QED) is 0.515. The van der Waals surface area contributed by atoms with Crippen LogP contribution in [-0.2, 0) is 23.9 Å². The molecule has 8 heteroatoms. The first-order valence-corrected chi connectivity index (χ1v) is 11.4. The number of ether oxygens (including phenoxy) is 2. The van der Waals surface area contributed by atoms with Gasteiger partial charge in [0.1, 0.15) is 17.6 Å². The zero-order chi connectivity index (χ0) is 22.2. The molecular weight excluding hydrogens is 400 g/mol. The molecule has 2 saturated heterocycles. The van der Waals surface area contributed by atoms with E-state index in [1.54, 1.807) is 4.90 Å². The van der Waals surface area contributed by atoms with Crippen LogP contribution in [0.25, 0.3) is 0 Å². The molecule has 2 fully saturated rings. The second-order valence-corrected chi connectivity index (χ2v) is 8.87. The fourth-order valence-corrected chi connectivity index (χ4v) is 5.59. The van der Waals surface area contributed by atoms with Gasteiger partial charge in [-0.3, -0.25) is 14.4 Å². The van der Waals surface area contributed by atoms with Gasteiger partial charge < -0.3 is 24.4 Å². The first-order valence-electron chi connectivity index (χ1n) is 11.4. The number of likely N-dealkylation sites (tertiary alicyclic amines) is 1. The number of aliphatic hydroxyl groups is 1. The van der Waals surface area contributed by atoms with Crippen molar-refractivity contribution in [2.75, 3.05) is 26.3 Å². The zero-order valence-corrected chi connectivity index (χ0v) is 18.2. The van der Waals surface area contributed by atoms with Gasteiger partial charge in [0.15, 0.2) is 0 Å². The van der Waals surface area contributed by atoms with Crippen molar-refractivity contribution in [2.45, 2.75) is 63.3 Å². The van der Waals surface area contributed by atoms with Crippen LogP contribution in [-0.4, -0.2) is 82.8 Å². The number of allylic oxidation sites excluding steroid dienone is 1. The van der Waals surface area contributed by atoms with E-state index in [-0.39, 0.29) is 31.0 Å². The molecule has 0 bridgehead atoms. The minimum atomic E-state index is -1.25. The predicted octanol–water partition coefficient (Wildman–Crippen LogP) is 1.04. The largest absolute Gasteiger partial charge is 0.465 e. The highest BCUT2D eigenvalue weighted by atomic mass is 16.6. The Morgan fingerprint density at radius 2 is 2.06 bits per heavy atom. The lowest BCUT2D eigenvalue weighted by molar-refractivity contribution is -0.155. The highest BCUT2D eigenvalue weighted by Gasteiger charge is 2.71. The Labute approximate surface area is 182 Å². The van der Waals surface area contributed by atoms with E-state index in [1.165, 1.54) is 4.90 Å². The van der Waals surface area contributed by atoms with Gasteiger partial charge in [-0.05, 0) is 26.2 Å². The molecule has 2 amide bonds. The van der Waals surface area contributed by atoms with E-state index in [2.05, 4.69) is 6.92 Å². The van der Waals surface area contributed by atoms with E-state index >= 15 is 0 Å². The smallest absolute Gasteiger partial charge is 0.312 e. The Morgan fingerprint density at radius 3 is 2.81 bits per heavy atom. The van der Waals surface area contributed by atoms with E-state index in [0.717, 1.165) is 19.3 Å². The van der Waals surface area contributed by atoms with Crippen molar-refractivity contribution in [3.8, 4) is 0 Å². The van der Waals surface area contributed by atoms with Crippen LogP contribution in [0.4, 0.5) is 0 Å². The summed E-state index contributed by atoms with van der Waals surface area (Å²) < 4.78 is 11.9. The van der Waals surface area contributed by atoms with Gasteiger partial charge in [-0.2, -0.15) is 0 Å². The number of hydrogen-bond donors (Lipinski definition) is 1. The van der Waals surface area contributed by atoms with Gasteiger partial charge in [-0.1, -0.05) is 37.6 Å². The number of cyclic esters (lactones) is 1. The van der Waals surface area contributed by atoms with Crippen LogP contribution in [0.1, 0.15) is 39.5 Å². The molecule has 0 radical (unpaired) electrons. The number of nitrogens with zero attached hydrogens (tertiary/aromatic N) is 2. The van der Waals surface area contributed by atoms with Crippen molar-refractivity contribution in [1.29, 1.82) is 0 Å². The Bertz CT molecular complexity index is 795. The molecule has 170 valence electrons. The Kier molecular flexibility index (Phi) is 6.21. The van der Waals surface area contributed by atoms with Crippen LogP contribution in [0.15, 0.2) is 24.3 Å². The second kappa shape index (κ2) is 8.74. The number of β-amino-alcohol motifs (C(OH)–C–C–N with tert-alkyl or cyclic N) is 1. The Balaban J connectivity index is 1.79. The number of hydrogen-bond acceptors (Lipinski definition) is 6. The number of esters is 1. The third-order valence-electron chi connectivity index (χ3n) is 6.96. The lowest BCUT2D eigenvalue weighted by Gasteiger charge is -2.37. The number of carbonyl (C=O) groups excluding carboxylic acids is 3. The first kappa shape index (κ1) is 22.0. The van der Waals surface area contributed by atoms with Crippen molar-refractivity contribution in [1.82, 2.24) is 9.80 Å². The minimum absolute atomic E-state index is 0.00545. The summed E-state index contributed by atoms with van der Waals surface area (Å²) in [5.74, 6) is -2.66. The normalized spacial score (nSPS) is 37.2. The van der Waals surface area contributed by atoms with Crippen molar-refractivity contribution < 1.29 is 29.0 Å². The van der Waals surface area contributed by atoms with Crippen molar-refractivity contribution >= 4 is 17.8 Å². The second-order valence-electron chi connectivity index (χ2n) is 8.87. The molecule has 4 aliphatic rings. The van der Waals surface area contributed by atoms with E-state index < -0.39 is 35.6 Å². The van der Waals surface area contributed by atoms with Gasteiger partial charge in [-0.25, -0.2) is 0 Å². The number of fused-ring (bicyclic) bond motifs is 2. The summed E-state index contributed by atoms with van der Waals surface area (Å²) in [5, 5.41) is 9.63. The lowest BCUT2D eigenvalue weighted by Crippen LogP contribution is -2.57. The lowest BCUT2D eigenvalue weighted by atomic mass is 9.78. The van der Waals surface area contributed by atoms with Gasteiger partial charge in [0, 0.05) is 19.1 Å². The molecular formula is C23H32N2O6. The third-order valence-corrected chi connectivity index (χ3v) is 6.96. The molecule has 31 heavy (non-hydrogen) atoms. The molecule has 1 N–H and O–H groups in total. The van der Waals surface area contributed by atoms with Crippen LogP contribution < -0.4 is 0 Å². The monoisotopic (exact) mass is 432 g/mol. The van der Waals surface area contributed by atoms with E-state index in [9.17, 15) is 19.5 Å². The molecule has 8 nitrogen and oxygen atoms in total. The van der Waals surface area contributed by atoms with Crippen LogP contribution in [0.5, 0.6) is 0 Å². The molecule has 4 heterocycles. The highest BCUT2D eigenvalue weighted by molar-refractivity contribution is 5.99. The molecule has 6 atom stereocenters. The average Bonchev–Trinajstić information content (AvgIpc) is 3.13. The predicted molar refractivity (Wildman–Crippen MR) is 112 cm³/mol. The molecule has 2 unspecified atom stereocenters.